The molecule has 1 amide bonds. The van der Waals surface area contributed by atoms with E-state index < -0.39 is 30.3 Å². The Morgan fingerprint density at radius 1 is 1.15 bits per heavy atom. The number of amides is 1. The minimum Gasteiger partial charge on any atom is -0.465 e. The van der Waals surface area contributed by atoms with Crippen LogP contribution in [0.4, 0.5) is 10.1 Å². The van der Waals surface area contributed by atoms with Crippen LogP contribution in [0.15, 0.2) is 18.2 Å². The normalized spacial score (nSPS) is 10.3. The first-order valence-electron chi connectivity index (χ1n) is 7.75. The highest BCUT2D eigenvalue weighted by atomic mass is 19.1. The van der Waals surface area contributed by atoms with Crippen molar-refractivity contribution in [3.63, 3.8) is 0 Å². The Balaban J connectivity index is 2.04. The van der Waals surface area contributed by atoms with Crippen molar-refractivity contribution >= 4 is 23.5 Å². The highest BCUT2D eigenvalue weighted by Gasteiger charge is 2.23. The average Bonchev–Trinajstić information content (AvgIpc) is 2.90. The van der Waals surface area contributed by atoms with Crippen molar-refractivity contribution in [1.29, 1.82) is 0 Å². The van der Waals surface area contributed by atoms with Crippen molar-refractivity contribution in [1.82, 2.24) is 4.98 Å². The predicted molar refractivity (Wildman–Crippen MR) is 91.7 cm³/mol. The number of hydrogen-bond donors (Lipinski definition) is 2. The lowest BCUT2D eigenvalue weighted by Crippen LogP contribution is -2.22. The Hall–Kier alpha value is -3.16. The lowest BCUT2D eigenvalue weighted by atomic mass is 10.1. The smallest absolute Gasteiger partial charge is 0.355 e. The van der Waals surface area contributed by atoms with E-state index >= 15 is 0 Å². The molecule has 0 radical (unpaired) electrons. The molecule has 0 atom stereocenters. The van der Waals surface area contributed by atoms with Gasteiger partial charge in [0, 0.05) is 11.4 Å². The second-order valence-corrected chi connectivity index (χ2v) is 5.70. The highest BCUT2D eigenvalue weighted by Crippen LogP contribution is 2.20. The van der Waals surface area contributed by atoms with E-state index in [1.165, 1.54) is 25.3 Å². The number of halogens is 1. The molecule has 2 rings (SSSR count). The van der Waals surface area contributed by atoms with E-state index in [1.807, 2.05) is 0 Å². The van der Waals surface area contributed by atoms with Crippen LogP contribution in [0.2, 0.25) is 0 Å². The molecular weight excluding hydrogens is 343 g/mol. The minimum absolute atomic E-state index is 0.0673. The summed E-state index contributed by atoms with van der Waals surface area (Å²) >= 11 is 0. The minimum atomic E-state index is -0.785. The first kappa shape index (κ1) is 19.2. The van der Waals surface area contributed by atoms with Gasteiger partial charge in [-0.2, -0.15) is 0 Å². The van der Waals surface area contributed by atoms with Crippen molar-refractivity contribution in [3.05, 3.63) is 52.1 Å². The maximum Gasteiger partial charge on any atom is 0.355 e. The maximum absolute atomic E-state index is 13.2. The van der Waals surface area contributed by atoms with E-state index in [0.29, 0.717) is 22.5 Å². The molecule has 8 heteroatoms. The fourth-order valence-corrected chi connectivity index (χ4v) is 2.48. The van der Waals surface area contributed by atoms with Crippen molar-refractivity contribution in [2.24, 2.45) is 0 Å². The van der Waals surface area contributed by atoms with Gasteiger partial charge >= 0.3 is 11.9 Å². The molecule has 26 heavy (non-hydrogen) atoms. The van der Waals surface area contributed by atoms with Crippen molar-refractivity contribution in [2.45, 2.75) is 20.8 Å². The fourth-order valence-electron chi connectivity index (χ4n) is 2.48. The molecule has 7 nitrogen and oxygen atoms in total. The zero-order valence-electron chi connectivity index (χ0n) is 14.9. The number of carbonyl (C=O) groups is 3. The van der Waals surface area contributed by atoms with E-state index in [9.17, 15) is 18.8 Å². The van der Waals surface area contributed by atoms with Gasteiger partial charge < -0.3 is 19.8 Å². The summed E-state index contributed by atoms with van der Waals surface area (Å²) in [4.78, 5) is 38.6. The second-order valence-electron chi connectivity index (χ2n) is 5.70. The molecular formula is C18H19FN2O5. The topological polar surface area (TPSA) is 97.5 Å². The van der Waals surface area contributed by atoms with Gasteiger partial charge in [0.1, 0.15) is 11.5 Å². The van der Waals surface area contributed by atoms with Gasteiger partial charge in [0.25, 0.3) is 5.91 Å². The molecule has 0 saturated carbocycles. The van der Waals surface area contributed by atoms with E-state index in [1.54, 1.807) is 20.8 Å². The number of aromatic amines is 1. The van der Waals surface area contributed by atoms with Gasteiger partial charge in [0.2, 0.25) is 0 Å². The summed E-state index contributed by atoms with van der Waals surface area (Å²) in [6, 6.07) is 3.98. The van der Waals surface area contributed by atoms with Gasteiger partial charge in [-0.25, -0.2) is 14.0 Å². The van der Waals surface area contributed by atoms with Gasteiger partial charge in [-0.05, 0) is 44.0 Å². The number of carbonyl (C=O) groups excluding carboxylic acids is 3. The largest absolute Gasteiger partial charge is 0.465 e. The number of methoxy groups -OCH3 is 1. The third kappa shape index (κ3) is 4.08. The Kier molecular flexibility index (Phi) is 5.76. The summed E-state index contributed by atoms with van der Waals surface area (Å²) < 4.78 is 22.9. The summed E-state index contributed by atoms with van der Waals surface area (Å²) in [6.45, 7) is 4.35. The number of rotatable bonds is 5. The lowest BCUT2D eigenvalue weighted by Gasteiger charge is -2.09. The number of ether oxygens (including phenoxy) is 2. The first-order valence-corrected chi connectivity index (χ1v) is 7.75. The van der Waals surface area contributed by atoms with Gasteiger partial charge in [-0.15, -0.1) is 0 Å². The molecule has 1 aromatic heterocycles. The van der Waals surface area contributed by atoms with Crippen molar-refractivity contribution < 1.29 is 28.2 Å². The quantitative estimate of drug-likeness (QED) is 0.797. The SMILES string of the molecule is COC(=O)c1c(C)[nH]c(C(=O)OCC(=O)Nc2cc(F)ccc2C)c1C. The van der Waals surface area contributed by atoms with E-state index in [-0.39, 0.29) is 11.3 Å². The number of aryl methyl sites for hydroxylation is 2. The van der Waals surface area contributed by atoms with E-state index in [4.69, 9.17) is 4.74 Å². The van der Waals surface area contributed by atoms with Crippen molar-refractivity contribution in [2.75, 3.05) is 19.0 Å². The standard InChI is InChI=1S/C18H19FN2O5/c1-9-5-6-12(19)7-13(9)21-14(22)8-26-18(24)16-10(2)15(11(3)20-16)17(23)25-4/h5-7,20H,8H2,1-4H3,(H,21,22). The number of benzene rings is 1. The molecule has 0 fully saturated rings. The van der Waals surface area contributed by atoms with E-state index in [0.717, 1.165) is 0 Å². The summed E-state index contributed by atoms with van der Waals surface area (Å²) in [5.41, 5.74) is 2.12. The van der Waals surface area contributed by atoms with Crippen LogP contribution in [0.5, 0.6) is 0 Å². The number of anilines is 1. The Morgan fingerprint density at radius 2 is 1.85 bits per heavy atom. The van der Waals surface area contributed by atoms with Crippen LogP contribution >= 0.6 is 0 Å². The van der Waals surface area contributed by atoms with E-state index in [2.05, 4.69) is 15.0 Å². The second kappa shape index (κ2) is 7.81. The third-order valence-corrected chi connectivity index (χ3v) is 3.84. The fraction of sp³-hybridized carbons (Fsp3) is 0.278. The molecule has 2 N–H and O–H groups in total. The molecule has 0 bridgehead atoms. The van der Waals surface area contributed by atoms with Crippen LogP contribution in [-0.4, -0.2) is 36.5 Å². The summed E-state index contributed by atoms with van der Waals surface area (Å²) in [7, 11) is 1.24. The van der Waals surface area contributed by atoms with Gasteiger partial charge in [-0.3, -0.25) is 4.79 Å². The molecule has 0 saturated heterocycles. The van der Waals surface area contributed by atoms with Crippen LogP contribution in [0.25, 0.3) is 0 Å². The third-order valence-electron chi connectivity index (χ3n) is 3.84. The average molecular weight is 362 g/mol. The molecule has 1 aromatic carbocycles. The Labute approximate surface area is 149 Å². The van der Waals surface area contributed by atoms with Gasteiger partial charge in [0.05, 0.1) is 12.7 Å². The number of aromatic nitrogens is 1. The maximum atomic E-state index is 13.2. The summed E-state index contributed by atoms with van der Waals surface area (Å²) in [5, 5.41) is 2.48. The summed E-state index contributed by atoms with van der Waals surface area (Å²) in [5.74, 6) is -2.46. The molecule has 1 heterocycles. The van der Waals surface area contributed by atoms with Crippen LogP contribution in [0.1, 0.15) is 37.7 Å². The van der Waals surface area contributed by atoms with Crippen LogP contribution in [0.3, 0.4) is 0 Å². The molecule has 2 aromatic rings. The number of hydrogen-bond acceptors (Lipinski definition) is 5. The highest BCUT2D eigenvalue weighted by molar-refractivity contribution is 5.99. The Morgan fingerprint density at radius 3 is 2.50 bits per heavy atom. The van der Waals surface area contributed by atoms with Crippen LogP contribution in [0, 0.1) is 26.6 Å². The molecule has 0 aliphatic carbocycles. The molecule has 138 valence electrons. The molecule has 0 aliphatic rings. The monoisotopic (exact) mass is 362 g/mol. The Bertz CT molecular complexity index is 873. The zero-order chi connectivity index (χ0) is 19.4. The molecule has 0 unspecified atom stereocenters. The zero-order valence-corrected chi connectivity index (χ0v) is 14.9. The first-order chi connectivity index (χ1) is 12.2. The van der Waals surface area contributed by atoms with Gasteiger partial charge in [-0.1, -0.05) is 6.07 Å². The van der Waals surface area contributed by atoms with Crippen molar-refractivity contribution in [3.8, 4) is 0 Å². The summed E-state index contributed by atoms with van der Waals surface area (Å²) in [6.07, 6.45) is 0. The van der Waals surface area contributed by atoms with Crippen LogP contribution < -0.4 is 5.32 Å². The van der Waals surface area contributed by atoms with Gasteiger partial charge in [0.15, 0.2) is 6.61 Å². The lowest BCUT2D eigenvalue weighted by molar-refractivity contribution is -0.119. The molecule has 0 aliphatic heterocycles. The number of H-pyrrole nitrogens is 1. The predicted octanol–water partition coefficient (Wildman–Crippen LogP) is 2.66. The number of esters is 2. The molecule has 0 spiro atoms. The van der Waals surface area contributed by atoms with Crippen LogP contribution in [-0.2, 0) is 14.3 Å². The number of nitrogens with one attached hydrogen (secondary N) is 2.